The summed E-state index contributed by atoms with van der Waals surface area (Å²) >= 11 is 0. The summed E-state index contributed by atoms with van der Waals surface area (Å²) in [5.41, 5.74) is 0.922. The van der Waals surface area contributed by atoms with Gasteiger partial charge in [-0.25, -0.2) is 15.0 Å². The number of nitrogens with zero attached hydrogens (tertiary/aromatic N) is 4. The molecule has 2 fully saturated rings. The molecular formula is C16H23N5O5. The molecule has 10 heteroatoms. The number of hydrogen-bond donors (Lipinski definition) is 5. The van der Waals surface area contributed by atoms with Gasteiger partial charge in [-0.1, -0.05) is 12.8 Å². The number of aromatic nitrogens is 4. The van der Waals surface area contributed by atoms with E-state index in [9.17, 15) is 20.4 Å². The van der Waals surface area contributed by atoms with Gasteiger partial charge in [-0.2, -0.15) is 0 Å². The van der Waals surface area contributed by atoms with Crippen LogP contribution in [0.2, 0.25) is 0 Å². The molecule has 1 aliphatic carbocycles. The van der Waals surface area contributed by atoms with E-state index < -0.39 is 37.3 Å². The smallest absolute Gasteiger partial charge is 0.167 e. The number of imidazole rings is 1. The molecular weight excluding hydrogens is 342 g/mol. The Balaban J connectivity index is 1.63. The lowest BCUT2D eigenvalue weighted by Gasteiger charge is -2.28. The molecule has 0 aromatic carbocycles. The van der Waals surface area contributed by atoms with Crippen molar-refractivity contribution in [3.05, 3.63) is 12.7 Å². The summed E-state index contributed by atoms with van der Waals surface area (Å²) in [6.45, 7) is -0.400. The third kappa shape index (κ3) is 2.93. The number of fused-ring (bicyclic) bond motifs is 1. The minimum Gasteiger partial charge on any atom is -0.394 e. The van der Waals surface area contributed by atoms with Crippen LogP contribution in [0.4, 0.5) is 5.82 Å². The summed E-state index contributed by atoms with van der Waals surface area (Å²) in [6, 6.07) is -0.0964. The molecule has 3 heterocycles. The van der Waals surface area contributed by atoms with Crippen LogP contribution in [0.3, 0.4) is 0 Å². The zero-order chi connectivity index (χ0) is 18.3. The summed E-state index contributed by atoms with van der Waals surface area (Å²) in [4.78, 5) is 12.8. The topological polar surface area (TPSA) is 146 Å². The van der Waals surface area contributed by atoms with E-state index in [0.717, 1.165) is 25.7 Å². The van der Waals surface area contributed by atoms with Gasteiger partial charge in [-0.05, 0) is 12.8 Å². The minimum absolute atomic E-state index is 0.0964. The number of rotatable bonds is 4. The van der Waals surface area contributed by atoms with Crippen LogP contribution in [0.15, 0.2) is 12.7 Å². The van der Waals surface area contributed by atoms with Gasteiger partial charge in [0.15, 0.2) is 23.2 Å². The molecule has 6 atom stereocenters. The first-order chi connectivity index (χ1) is 12.6. The molecule has 2 aliphatic rings. The minimum atomic E-state index is -1.21. The van der Waals surface area contributed by atoms with Crippen LogP contribution < -0.4 is 5.32 Å². The number of ether oxygens (including phenoxy) is 1. The van der Waals surface area contributed by atoms with Crippen molar-refractivity contribution in [2.45, 2.75) is 62.4 Å². The maximum absolute atomic E-state index is 10.2. The van der Waals surface area contributed by atoms with Crippen molar-refractivity contribution in [2.24, 2.45) is 0 Å². The monoisotopic (exact) mass is 365 g/mol. The quantitative estimate of drug-likeness (QED) is 0.468. The number of hydrogen-bond acceptors (Lipinski definition) is 9. The molecule has 2 aromatic heterocycles. The summed E-state index contributed by atoms with van der Waals surface area (Å²) in [6.07, 6.45) is 1.87. The fourth-order valence-electron chi connectivity index (χ4n) is 3.71. The Hall–Kier alpha value is -1.85. The Morgan fingerprint density at radius 3 is 2.65 bits per heavy atom. The molecule has 5 N–H and O–H groups in total. The van der Waals surface area contributed by atoms with Gasteiger partial charge in [0.1, 0.15) is 24.6 Å². The number of aliphatic hydroxyl groups excluding tert-OH is 4. The lowest BCUT2D eigenvalue weighted by atomic mass is 9.92. The normalized spacial score (nSPS) is 35.1. The van der Waals surface area contributed by atoms with Gasteiger partial charge >= 0.3 is 0 Å². The predicted molar refractivity (Wildman–Crippen MR) is 90.2 cm³/mol. The Bertz CT molecular complexity index is 771. The molecule has 0 unspecified atom stereocenters. The molecule has 0 radical (unpaired) electrons. The summed E-state index contributed by atoms with van der Waals surface area (Å²) < 4.78 is 7.06. The highest BCUT2D eigenvalue weighted by molar-refractivity contribution is 5.82. The average molecular weight is 365 g/mol. The summed E-state index contributed by atoms with van der Waals surface area (Å²) in [5, 5.41) is 42.9. The first-order valence-electron chi connectivity index (χ1n) is 8.84. The molecule has 0 bridgehead atoms. The van der Waals surface area contributed by atoms with Crippen LogP contribution >= 0.6 is 0 Å². The number of anilines is 1. The van der Waals surface area contributed by atoms with E-state index in [4.69, 9.17) is 4.74 Å². The van der Waals surface area contributed by atoms with Crippen molar-refractivity contribution < 1.29 is 25.2 Å². The van der Waals surface area contributed by atoms with Gasteiger partial charge < -0.3 is 30.5 Å². The van der Waals surface area contributed by atoms with Crippen molar-refractivity contribution in [3.63, 3.8) is 0 Å². The maximum atomic E-state index is 10.2. The second-order valence-electron chi connectivity index (χ2n) is 6.88. The van der Waals surface area contributed by atoms with Crippen molar-refractivity contribution in [1.82, 2.24) is 19.5 Å². The summed E-state index contributed by atoms with van der Waals surface area (Å²) in [5.74, 6) is 0.506. The van der Waals surface area contributed by atoms with Gasteiger partial charge in [0.05, 0.1) is 25.1 Å². The summed E-state index contributed by atoms with van der Waals surface area (Å²) in [7, 11) is 0. The molecule has 26 heavy (non-hydrogen) atoms. The second kappa shape index (κ2) is 7.05. The molecule has 10 nitrogen and oxygen atoms in total. The largest absolute Gasteiger partial charge is 0.394 e. The van der Waals surface area contributed by atoms with Gasteiger partial charge in [-0.3, -0.25) is 4.57 Å². The van der Waals surface area contributed by atoms with Crippen molar-refractivity contribution in [3.8, 4) is 0 Å². The number of aliphatic hydroxyl groups is 4. The third-order valence-electron chi connectivity index (χ3n) is 5.20. The molecule has 2 aromatic rings. The van der Waals surface area contributed by atoms with Gasteiger partial charge in [-0.15, -0.1) is 0 Å². The van der Waals surface area contributed by atoms with Crippen LogP contribution in [0.1, 0.15) is 31.9 Å². The van der Waals surface area contributed by atoms with Gasteiger partial charge in [0, 0.05) is 0 Å². The molecule has 1 saturated heterocycles. The lowest BCUT2D eigenvalue weighted by molar-refractivity contribution is -0.0511. The first kappa shape index (κ1) is 17.6. The molecule has 1 aliphatic heterocycles. The van der Waals surface area contributed by atoms with Crippen LogP contribution in [0, 0.1) is 0 Å². The van der Waals surface area contributed by atoms with Crippen LogP contribution in [0.25, 0.3) is 11.2 Å². The van der Waals surface area contributed by atoms with E-state index in [1.165, 1.54) is 17.2 Å². The Morgan fingerprint density at radius 2 is 1.92 bits per heavy atom. The van der Waals surface area contributed by atoms with E-state index in [2.05, 4.69) is 20.3 Å². The Morgan fingerprint density at radius 1 is 1.12 bits per heavy atom. The standard InChI is InChI=1S/C16H23N5O5/c22-5-10-12(24)13(25)16(26-10)21-7-19-11-14(17-6-18-15(11)21)20-8-3-1-2-4-9(8)23/h6-10,12-13,16,22-25H,1-5H2,(H,17,18,20)/t8-,9-,10-,12-,13-,16-/m1/s1. The fraction of sp³-hybridized carbons (Fsp3) is 0.688. The highest BCUT2D eigenvalue weighted by Crippen LogP contribution is 2.32. The zero-order valence-electron chi connectivity index (χ0n) is 14.1. The lowest BCUT2D eigenvalue weighted by Crippen LogP contribution is -2.36. The Labute approximate surface area is 149 Å². The zero-order valence-corrected chi connectivity index (χ0v) is 14.1. The van der Waals surface area contributed by atoms with Crippen molar-refractivity contribution >= 4 is 17.0 Å². The number of nitrogens with one attached hydrogen (secondary N) is 1. The molecule has 4 rings (SSSR count). The average Bonchev–Trinajstić information content (AvgIpc) is 3.19. The van der Waals surface area contributed by atoms with E-state index in [-0.39, 0.29) is 6.04 Å². The molecule has 0 spiro atoms. The van der Waals surface area contributed by atoms with Crippen molar-refractivity contribution in [2.75, 3.05) is 11.9 Å². The Kier molecular flexibility index (Phi) is 4.76. The first-order valence-corrected chi connectivity index (χ1v) is 8.84. The molecule has 1 saturated carbocycles. The van der Waals surface area contributed by atoms with Crippen LogP contribution in [0.5, 0.6) is 0 Å². The van der Waals surface area contributed by atoms with Crippen LogP contribution in [-0.2, 0) is 4.74 Å². The fourth-order valence-corrected chi connectivity index (χ4v) is 3.71. The second-order valence-corrected chi connectivity index (χ2v) is 6.88. The van der Waals surface area contributed by atoms with Crippen molar-refractivity contribution in [1.29, 1.82) is 0 Å². The van der Waals surface area contributed by atoms with Gasteiger partial charge in [0.25, 0.3) is 0 Å². The SMILES string of the molecule is OC[C@H]1O[C@@H](n2cnc3c(N[C@@H]4CCCC[C@H]4O)ncnc32)[C@H](O)[C@@H]1O. The maximum Gasteiger partial charge on any atom is 0.167 e. The predicted octanol–water partition coefficient (Wildman–Crippen LogP) is -0.847. The molecule has 142 valence electrons. The van der Waals surface area contributed by atoms with E-state index in [1.807, 2.05) is 0 Å². The highest BCUT2D eigenvalue weighted by Gasteiger charge is 2.44. The van der Waals surface area contributed by atoms with Gasteiger partial charge in [0.2, 0.25) is 0 Å². The van der Waals surface area contributed by atoms with E-state index in [0.29, 0.717) is 17.0 Å². The van der Waals surface area contributed by atoms with Crippen LogP contribution in [-0.4, -0.2) is 77.0 Å². The highest BCUT2D eigenvalue weighted by atomic mass is 16.6. The van der Waals surface area contributed by atoms with E-state index in [1.54, 1.807) is 0 Å². The third-order valence-corrected chi connectivity index (χ3v) is 5.20. The molecule has 0 amide bonds. The van der Waals surface area contributed by atoms with E-state index >= 15 is 0 Å².